The molecular formula is C8H14O4. The van der Waals surface area contributed by atoms with Crippen LogP contribution in [0.15, 0.2) is 0 Å². The van der Waals surface area contributed by atoms with Gasteiger partial charge in [0, 0.05) is 5.92 Å². The number of aliphatic hydroxyl groups is 1. The van der Waals surface area contributed by atoms with Crippen LogP contribution in [0.5, 0.6) is 0 Å². The van der Waals surface area contributed by atoms with Gasteiger partial charge in [0.1, 0.15) is 0 Å². The third kappa shape index (κ3) is 1.76. The zero-order valence-electron chi connectivity index (χ0n) is 7.23. The molecule has 0 amide bonds. The normalized spacial score (nSPS) is 41.6. The Hall–Kier alpha value is -0.610. The summed E-state index contributed by atoms with van der Waals surface area (Å²) >= 11 is 0. The lowest BCUT2D eigenvalue weighted by molar-refractivity contribution is -0.140. The van der Waals surface area contributed by atoms with Crippen LogP contribution >= 0.6 is 0 Å². The number of hydrogen-bond donors (Lipinski definition) is 2. The van der Waals surface area contributed by atoms with Gasteiger partial charge in [0.05, 0.1) is 24.7 Å². The SMILES string of the molecule is CC1OC(CC(=O)O)C(C)C1O. The van der Waals surface area contributed by atoms with Gasteiger partial charge in [0.2, 0.25) is 0 Å². The zero-order chi connectivity index (χ0) is 9.30. The second kappa shape index (κ2) is 3.41. The lowest BCUT2D eigenvalue weighted by atomic mass is 9.97. The Morgan fingerprint density at radius 1 is 1.50 bits per heavy atom. The summed E-state index contributed by atoms with van der Waals surface area (Å²) in [5, 5.41) is 17.9. The standard InChI is InChI=1S/C8H14O4/c1-4-6(3-7(9)10)12-5(2)8(4)11/h4-6,8,11H,3H2,1-2H3,(H,9,10). The molecule has 1 saturated heterocycles. The van der Waals surface area contributed by atoms with Crippen molar-refractivity contribution < 1.29 is 19.7 Å². The minimum absolute atomic E-state index is 0.0252. The van der Waals surface area contributed by atoms with E-state index in [9.17, 15) is 9.90 Å². The second-order valence-corrected chi connectivity index (χ2v) is 3.33. The average Bonchev–Trinajstić information content (AvgIpc) is 2.17. The van der Waals surface area contributed by atoms with Crippen molar-refractivity contribution in [1.29, 1.82) is 0 Å². The van der Waals surface area contributed by atoms with Crippen molar-refractivity contribution in [2.24, 2.45) is 5.92 Å². The zero-order valence-corrected chi connectivity index (χ0v) is 7.23. The third-order valence-electron chi connectivity index (χ3n) is 2.37. The number of rotatable bonds is 2. The number of aliphatic carboxylic acids is 1. The predicted molar refractivity (Wildman–Crippen MR) is 41.8 cm³/mol. The Bertz CT molecular complexity index is 180. The molecule has 0 radical (unpaired) electrons. The van der Waals surface area contributed by atoms with E-state index in [1.165, 1.54) is 0 Å². The maximum absolute atomic E-state index is 10.4. The Morgan fingerprint density at radius 2 is 2.08 bits per heavy atom. The minimum Gasteiger partial charge on any atom is -0.481 e. The molecule has 0 aromatic carbocycles. The average molecular weight is 174 g/mol. The summed E-state index contributed by atoms with van der Waals surface area (Å²) in [6.07, 6.45) is -1.14. The van der Waals surface area contributed by atoms with E-state index in [2.05, 4.69) is 0 Å². The summed E-state index contributed by atoms with van der Waals surface area (Å²) in [5.41, 5.74) is 0. The molecule has 0 spiro atoms. The van der Waals surface area contributed by atoms with Crippen LogP contribution in [0.1, 0.15) is 20.3 Å². The van der Waals surface area contributed by atoms with Gasteiger partial charge in [-0.2, -0.15) is 0 Å². The molecule has 2 N–H and O–H groups in total. The number of ether oxygens (including phenoxy) is 1. The van der Waals surface area contributed by atoms with Gasteiger partial charge in [-0.1, -0.05) is 6.92 Å². The Labute approximate surface area is 71.2 Å². The highest BCUT2D eigenvalue weighted by Gasteiger charge is 2.38. The molecule has 1 aliphatic rings. The first-order valence-corrected chi connectivity index (χ1v) is 4.07. The lowest BCUT2D eigenvalue weighted by Crippen LogP contribution is -2.24. The maximum atomic E-state index is 10.4. The first-order chi connectivity index (χ1) is 5.52. The molecule has 1 rings (SSSR count). The van der Waals surface area contributed by atoms with Gasteiger partial charge in [-0.05, 0) is 6.92 Å². The molecule has 70 valence electrons. The van der Waals surface area contributed by atoms with Crippen molar-refractivity contribution >= 4 is 5.97 Å². The molecule has 1 fully saturated rings. The topological polar surface area (TPSA) is 66.8 Å². The van der Waals surface area contributed by atoms with E-state index < -0.39 is 12.1 Å². The van der Waals surface area contributed by atoms with Crippen molar-refractivity contribution in [2.45, 2.75) is 38.6 Å². The minimum atomic E-state index is -0.881. The van der Waals surface area contributed by atoms with Crippen LogP contribution in [0.2, 0.25) is 0 Å². The van der Waals surface area contributed by atoms with E-state index >= 15 is 0 Å². The molecule has 0 bridgehead atoms. The fourth-order valence-corrected chi connectivity index (χ4v) is 1.53. The van der Waals surface area contributed by atoms with E-state index in [1.807, 2.05) is 6.92 Å². The summed E-state index contributed by atoms with van der Waals surface area (Å²) in [7, 11) is 0. The largest absolute Gasteiger partial charge is 0.481 e. The number of aliphatic hydroxyl groups excluding tert-OH is 1. The van der Waals surface area contributed by atoms with Crippen LogP contribution in [0, 0.1) is 5.92 Å². The Kier molecular flexibility index (Phi) is 2.69. The quantitative estimate of drug-likeness (QED) is 0.629. The van der Waals surface area contributed by atoms with E-state index in [0.717, 1.165) is 0 Å². The fraction of sp³-hybridized carbons (Fsp3) is 0.875. The maximum Gasteiger partial charge on any atom is 0.305 e. The van der Waals surface area contributed by atoms with Crippen LogP contribution < -0.4 is 0 Å². The summed E-state index contributed by atoms with van der Waals surface area (Å²) in [5.74, 6) is -0.968. The van der Waals surface area contributed by atoms with E-state index in [1.54, 1.807) is 6.92 Å². The molecule has 4 atom stereocenters. The van der Waals surface area contributed by atoms with Crippen molar-refractivity contribution in [3.63, 3.8) is 0 Å². The lowest BCUT2D eigenvalue weighted by Gasteiger charge is -2.12. The van der Waals surface area contributed by atoms with Crippen LogP contribution in [0.4, 0.5) is 0 Å². The molecule has 12 heavy (non-hydrogen) atoms. The monoisotopic (exact) mass is 174 g/mol. The van der Waals surface area contributed by atoms with Gasteiger partial charge in [0.15, 0.2) is 0 Å². The molecule has 1 aliphatic heterocycles. The molecule has 4 unspecified atom stereocenters. The van der Waals surface area contributed by atoms with E-state index in [4.69, 9.17) is 9.84 Å². The van der Waals surface area contributed by atoms with Crippen LogP contribution in [0.3, 0.4) is 0 Å². The van der Waals surface area contributed by atoms with Crippen molar-refractivity contribution in [3.05, 3.63) is 0 Å². The Balaban J connectivity index is 2.52. The van der Waals surface area contributed by atoms with Crippen molar-refractivity contribution in [2.75, 3.05) is 0 Å². The highest BCUT2D eigenvalue weighted by molar-refractivity contribution is 5.67. The molecule has 0 saturated carbocycles. The van der Waals surface area contributed by atoms with E-state index in [0.29, 0.717) is 0 Å². The fourth-order valence-electron chi connectivity index (χ4n) is 1.53. The van der Waals surface area contributed by atoms with Gasteiger partial charge in [-0.15, -0.1) is 0 Å². The third-order valence-corrected chi connectivity index (χ3v) is 2.37. The highest BCUT2D eigenvalue weighted by atomic mass is 16.5. The predicted octanol–water partition coefficient (Wildman–Crippen LogP) is 0.245. The molecule has 4 heteroatoms. The smallest absolute Gasteiger partial charge is 0.305 e. The van der Waals surface area contributed by atoms with Gasteiger partial charge >= 0.3 is 5.97 Å². The first-order valence-electron chi connectivity index (χ1n) is 4.07. The number of carboxylic acid groups (broad SMARTS) is 1. The highest BCUT2D eigenvalue weighted by Crippen LogP contribution is 2.28. The molecule has 0 aromatic heterocycles. The van der Waals surface area contributed by atoms with Gasteiger partial charge < -0.3 is 14.9 Å². The molecule has 1 heterocycles. The van der Waals surface area contributed by atoms with Crippen molar-refractivity contribution in [1.82, 2.24) is 0 Å². The van der Waals surface area contributed by atoms with Crippen LogP contribution in [-0.4, -0.2) is 34.5 Å². The summed E-state index contributed by atoms with van der Waals surface area (Å²) < 4.78 is 5.27. The summed E-state index contributed by atoms with van der Waals surface area (Å²) in [4.78, 5) is 10.4. The van der Waals surface area contributed by atoms with Crippen LogP contribution in [0.25, 0.3) is 0 Å². The van der Waals surface area contributed by atoms with Gasteiger partial charge in [0.25, 0.3) is 0 Å². The molecule has 0 aromatic rings. The van der Waals surface area contributed by atoms with Gasteiger partial charge in [-0.25, -0.2) is 0 Å². The van der Waals surface area contributed by atoms with Gasteiger partial charge in [-0.3, -0.25) is 4.79 Å². The summed E-state index contributed by atoms with van der Waals surface area (Å²) in [6.45, 7) is 3.56. The Morgan fingerprint density at radius 3 is 2.42 bits per heavy atom. The molecule has 4 nitrogen and oxygen atoms in total. The molecule has 0 aliphatic carbocycles. The summed E-state index contributed by atoms with van der Waals surface area (Å²) in [6, 6.07) is 0. The van der Waals surface area contributed by atoms with Crippen LogP contribution in [-0.2, 0) is 9.53 Å². The molecular weight excluding hydrogens is 160 g/mol. The second-order valence-electron chi connectivity index (χ2n) is 3.33. The first kappa shape index (κ1) is 9.48. The number of hydrogen-bond acceptors (Lipinski definition) is 3. The van der Waals surface area contributed by atoms with Crippen molar-refractivity contribution in [3.8, 4) is 0 Å². The number of carbonyl (C=O) groups is 1. The van der Waals surface area contributed by atoms with E-state index in [-0.39, 0.29) is 24.5 Å². The number of carboxylic acids is 1.